The Kier molecular flexibility index (Phi) is 5.12. The molecule has 0 bridgehead atoms. The van der Waals surface area contributed by atoms with Crippen LogP contribution in [0.25, 0.3) is 10.9 Å². The number of anilines is 1. The van der Waals surface area contributed by atoms with Crippen LogP contribution in [0.15, 0.2) is 65.7 Å². The Morgan fingerprint density at radius 1 is 1.00 bits per heavy atom. The zero-order chi connectivity index (χ0) is 20.5. The number of carbonyl (C=O) groups excluding carboxylic acids is 1. The third kappa shape index (κ3) is 3.84. The average molecular weight is 398 g/mol. The summed E-state index contributed by atoms with van der Waals surface area (Å²) in [5.41, 5.74) is 0.210. The number of carbonyl (C=O) groups is 1. The number of fused-ring (bicyclic) bond motifs is 1. The topological polar surface area (TPSA) is 76.6 Å². The standard InChI is InChI=1S/C21H22N2O4S/c1-15-9-5-6-13-18(15)28(25,26)23(20(24)27-21(2,3)4)17-12-7-10-16-11-8-14-22-19(16)17/h5-14H,1-4H3. The molecular weight excluding hydrogens is 376 g/mol. The summed E-state index contributed by atoms with van der Waals surface area (Å²) in [6.07, 6.45) is 0.577. The molecule has 0 N–H and O–H groups in total. The van der Waals surface area contributed by atoms with Crippen LogP contribution in [0.3, 0.4) is 0 Å². The van der Waals surface area contributed by atoms with E-state index < -0.39 is 21.7 Å². The molecule has 0 aliphatic rings. The Bertz CT molecular complexity index is 1130. The van der Waals surface area contributed by atoms with Gasteiger partial charge in [0.05, 0.1) is 16.1 Å². The van der Waals surface area contributed by atoms with Gasteiger partial charge in [-0.05, 0) is 51.5 Å². The Morgan fingerprint density at radius 2 is 1.68 bits per heavy atom. The maximum absolute atomic E-state index is 13.5. The summed E-state index contributed by atoms with van der Waals surface area (Å²) in [4.78, 5) is 17.4. The molecule has 0 fully saturated rings. The molecule has 1 amide bonds. The molecule has 0 saturated carbocycles. The first-order chi connectivity index (χ1) is 13.1. The number of aromatic nitrogens is 1. The van der Waals surface area contributed by atoms with Crippen molar-refractivity contribution < 1.29 is 17.9 Å². The molecule has 7 heteroatoms. The molecule has 2 aromatic carbocycles. The second-order valence-electron chi connectivity index (χ2n) is 7.37. The van der Waals surface area contributed by atoms with Crippen LogP contribution in [-0.2, 0) is 14.8 Å². The summed E-state index contributed by atoms with van der Waals surface area (Å²) in [6, 6.07) is 15.1. The van der Waals surface area contributed by atoms with Gasteiger partial charge in [-0.25, -0.2) is 13.2 Å². The maximum Gasteiger partial charge on any atom is 0.429 e. The molecule has 3 aromatic rings. The number of benzene rings is 2. The van der Waals surface area contributed by atoms with Gasteiger partial charge in [-0.15, -0.1) is 0 Å². The molecule has 6 nitrogen and oxygen atoms in total. The second-order valence-corrected chi connectivity index (χ2v) is 9.12. The minimum atomic E-state index is -4.23. The maximum atomic E-state index is 13.5. The summed E-state index contributed by atoms with van der Waals surface area (Å²) >= 11 is 0. The Morgan fingerprint density at radius 3 is 2.36 bits per heavy atom. The molecule has 0 aliphatic heterocycles. The minimum absolute atomic E-state index is 0.0359. The summed E-state index contributed by atoms with van der Waals surface area (Å²) < 4.78 is 33.2. The largest absolute Gasteiger partial charge is 0.443 e. The monoisotopic (exact) mass is 398 g/mol. The molecular formula is C21H22N2O4S. The van der Waals surface area contributed by atoms with E-state index in [9.17, 15) is 13.2 Å². The number of para-hydroxylation sites is 1. The predicted molar refractivity (Wildman–Crippen MR) is 109 cm³/mol. The van der Waals surface area contributed by atoms with Crippen molar-refractivity contribution in [1.29, 1.82) is 0 Å². The highest BCUT2D eigenvalue weighted by atomic mass is 32.2. The Balaban J connectivity index is 2.27. The van der Waals surface area contributed by atoms with Crippen LogP contribution < -0.4 is 4.31 Å². The highest BCUT2D eigenvalue weighted by molar-refractivity contribution is 7.93. The number of aryl methyl sites for hydroxylation is 1. The molecule has 146 valence electrons. The number of nitrogens with zero attached hydrogens (tertiary/aromatic N) is 2. The van der Waals surface area contributed by atoms with Crippen LogP contribution in [0.1, 0.15) is 26.3 Å². The van der Waals surface area contributed by atoms with Gasteiger partial charge < -0.3 is 4.74 Å². The third-order valence-electron chi connectivity index (χ3n) is 4.00. The molecule has 3 rings (SSSR count). The first-order valence-corrected chi connectivity index (χ1v) is 10.2. The predicted octanol–water partition coefficient (Wildman–Crippen LogP) is 4.67. The van der Waals surface area contributed by atoms with Crippen molar-refractivity contribution in [3.63, 3.8) is 0 Å². The summed E-state index contributed by atoms with van der Waals surface area (Å²) in [5.74, 6) is 0. The van der Waals surface area contributed by atoms with Gasteiger partial charge in [0.25, 0.3) is 10.0 Å². The quantitative estimate of drug-likeness (QED) is 0.640. The number of rotatable bonds is 3. The van der Waals surface area contributed by atoms with Crippen LogP contribution in [0.2, 0.25) is 0 Å². The van der Waals surface area contributed by atoms with E-state index in [2.05, 4.69) is 4.98 Å². The normalized spacial score (nSPS) is 12.0. The first-order valence-electron chi connectivity index (χ1n) is 8.79. The van der Waals surface area contributed by atoms with Crippen molar-refractivity contribution in [3.8, 4) is 0 Å². The first kappa shape index (κ1) is 19.8. The third-order valence-corrected chi connectivity index (χ3v) is 5.84. The lowest BCUT2D eigenvalue weighted by Gasteiger charge is -2.27. The number of hydrogen-bond acceptors (Lipinski definition) is 5. The summed E-state index contributed by atoms with van der Waals surface area (Å²) in [6.45, 7) is 6.74. The number of amides is 1. The van der Waals surface area contributed by atoms with Crippen LogP contribution in [0.4, 0.5) is 10.5 Å². The lowest BCUT2D eigenvalue weighted by atomic mass is 10.2. The molecule has 0 aliphatic carbocycles. The Labute approximate surface area is 164 Å². The van der Waals surface area contributed by atoms with Gasteiger partial charge in [-0.3, -0.25) is 4.98 Å². The van der Waals surface area contributed by atoms with E-state index in [1.54, 1.807) is 82.4 Å². The van der Waals surface area contributed by atoms with Crippen molar-refractivity contribution in [2.75, 3.05) is 4.31 Å². The van der Waals surface area contributed by atoms with Gasteiger partial charge in [-0.1, -0.05) is 36.4 Å². The van der Waals surface area contributed by atoms with Gasteiger partial charge >= 0.3 is 6.09 Å². The average Bonchev–Trinajstić information content (AvgIpc) is 2.60. The van der Waals surface area contributed by atoms with E-state index in [1.165, 1.54) is 6.07 Å². The number of ether oxygens (including phenoxy) is 1. The lowest BCUT2D eigenvalue weighted by molar-refractivity contribution is 0.0609. The molecule has 1 aromatic heterocycles. The SMILES string of the molecule is Cc1ccccc1S(=O)(=O)N(C(=O)OC(C)(C)C)c1cccc2cccnc12. The van der Waals surface area contributed by atoms with Gasteiger partial charge in [0, 0.05) is 11.6 Å². The summed E-state index contributed by atoms with van der Waals surface area (Å²) in [5, 5.41) is 0.716. The fourth-order valence-electron chi connectivity index (χ4n) is 2.83. The highest BCUT2D eigenvalue weighted by Crippen LogP contribution is 2.32. The van der Waals surface area contributed by atoms with E-state index in [0.717, 1.165) is 0 Å². The van der Waals surface area contributed by atoms with Crippen LogP contribution >= 0.6 is 0 Å². The fraction of sp³-hybridized carbons (Fsp3) is 0.238. The molecule has 1 heterocycles. The van der Waals surface area contributed by atoms with Gasteiger partial charge in [-0.2, -0.15) is 4.31 Å². The van der Waals surface area contributed by atoms with E-state index in [0.29, 0.717) is 20.8 Å². The minimum Gasteiger partial charge on any atom is -0.443 e. The zero-order valence-corrected chi connectivity index (χ0v) is 17.0. The number of pyridine rings is 1. The van der Waals surface area contributed by atoms with E-state index in [1.807, 2.05) is 0 Å². The van der Waals surface area contributed by atoms with Gasteiger partial charge in [0.15, 0.2) is 0 Å². The van der Waals surface area contributed by atoms with Crippen LogP contribution in [-0.4, -0.2) is 25.1 Å². The lowest BCUT2D eigenvalue weighted by Crippen LogP contribution is -2.41. The van der Waals surface area contributed by atoms with Crippen molar-refractivity contribution in [2.24, 2.45) is 0 Å². The van der Waals surface area contributed by atoms with Crippen LogP contribution in [0.5, 0.6) is 0 Å². The molecule has 0 unspecified atom stereocenters. The molecule has 0 spiro atoms. The van der Waals surface area contributed by atoms with E-state index in [-0.39, 0.29) is 10.6 Å². The Hall–Kier alpha value is -2.93. The molecule has 0 saturated heterocycles. The second kappa shape index (κ2) is 7.24. The highest BCUT2D eigenvalue weighted by Gasteiger charge is 2.36. The molecule has 0 atom stereocenters. The van der Waals surface area contributed by atoms with Crippen molar-refractivity contribution in [1.82, 2.24) is 4.98 Å². The fourth-order valence-corrected chi connectivity index (χ4v) is 4.39. The van der Waals surface area contributed by atoms with Crippen LogP contribution in [0, 0.1) is 6.92 Å². The van der Waals surface area contributed by atoms with Gasteiger partial charge in [0.1, 0.15) is 5.60 Å². The van der Waals surface area contributed by atoms with Crippen molar-refractivity contribution >= 4 is 32.7 Å². The van der Waals surface area contributed by atoms with E-state index >= 15 is 0 Å². The number of hydrogen-bond donors (Lipinski definition) is 0. The van der Waals surface area contributed by atoms with Crippen molar-refractivity contribution in [3.05, 3.63) is 66.4 Å². The molecule has 28 heavy (non-hydrogen) atoms. The molecule has 0 radical (unpaired) electrons. The summed E-state index contributed by atoms with van der Waals surface area (Å²) in [7, 11) is -4.23. The number of sulfonamides is 1. The zero-order valence-electron chi connectivity index (χ0n) is 16.2. The smallest absolute Gasteiger partial charge is 0.429 e. The van der Waals surface area contributed by atoms with Crippen molar-refractivity contribution in [2.45, 2.75) is 38.2 Å². The van der Waals surface area contributed by atoms with Gasteiger partial charge in [0.2, 0.25) is 0 Å². The van der Waals surface area contributed by atoms with E-state index in [4.69, 9.17) is 4.74 Å².